The first kappa shape index (κ1) is 25.3. The molecule has 3 aromatic rings. The standard InChI is InChI=1S/C31H35F3O/c1-3-5-6-22-11-16-26(28(32)19-22)24-14-9-23(10-15-24)20-35-29-18-17-27(30(33)31(29)34)25-12-7-21(4-2)8-13-25/h7-8,11-13,16-19,23-24H,3-6,9-10,14-15,20H2,1-2H3. The van der Waals surface area contributed by atoms with Crippen LogP contribution in [0.15, 0.2) is 54.6 Å². The van der Waals surface area contributed by atoms with Crippen molar-refractivity contribution in [1.29, 1.82) is 0 Å². The Morgan fingerprint density at radius 2 is 1.51 bits per heavy atom. The van der Waals surface area contributed by atoms with E-state index >= 15 is 0 Å². The van der Waals surface area contributed by atoms with Crippen LogP contribution in [0.1, 0.15) is 75.0 Å². The van der Waals surface area contributed by atoms with Crippen LogP contribution in [0.25, 0.3) is 11.1 Å². The summed E-state index contributed by atoms with van der Waals surface area (Å²) in [7, 11) is 0. The van der Waals surface area contributed by atoms with Crippen molar-refractivity contribution in [2.24, 2.45) is 5.92 Å². The van der Waals surface area contributed by atoms with Gasteiger partial charge < -0.3 is 4.74 Å². The number of hydrogen-bond donors (Lipinski definition) is 0. The van der Waals surface area contributed by atoms with Crippen molar-refractivity contribution in [3.05, 3.63) is 88.7 Å². The molecule has 0 unspecified atom stereocenters. The monoisotopic (exact) mass is 480 g/mol. The average molecular weight is 481 g/mol. The summed E-state index contributed by atoms with van der Waals surface area (Å²) in [5, 5.41) is 0. The molecule has 1 fully saturated rings. The number of halogens is 3. The third kappa shape index (κ3) is 6.09. The van der Waals surface area contributed by atoms with E-state index in [0.29, 0.717) is 12.2 Å². The van der Waals surface area contributed by atoms with Gasteiger partial charge in [-0.1, -0.05) is 56.7 Å². The van der Waals surface area contributed by atoms with Crippen molar-refractivity contribution in [2.45, 2.75) is 71.1 Å². The zero-order chi connectivity index (χ0) is 24.8. The molecule has 0 heterocycles. The van der Waals surface area contributed by atoms with Crippen LogP contribution in [0, 0.1) is 23.4 Å². The van der Waals surface area contributed by atoms with E-state index < -0.39 is 11.6 Å². The third-order valence-electron chi connectivity index (χ3n) is 7.37. The Morgan fingerprint density at radius 1 is 0.800 bits per heavy atom. The van der Waals surface area contributed by atoms with Crippen LogP contribution in [-0.4, -0.2) is 6.61 Å². The van der Waals surface area contributed by atoms with Crippen LogP contribution in [-0.2, 0) is 12.8 Å². The fourth-order valence-electron chi connectivity index (χ4n) is 5.07. The van der Waals surface area contributed by atoms with Gasteiger partial charge in [-0.2, -0.15) is 4.39 Å². The molecule has 0 bridgehead atoms. The van der Waals surface area contributed by atoms with E-state index in [0.717, 1.165) is 68.1 Å². The topological polar surface area (TPSA) is 9.23 Å². The van der Waals surface area contributed by atoms with Gasteiger partial charge in [0.1, 0.15) is 5.82 Å². The van der Waals surface area contributed by atoms with Crippen LogP contribution in [0.2, 0.25) is 0 Å². The van der Waals surface area contributed by atoms with Gasteiger partial charge in [-0.3, -0.25) is 0 Å². The Hall–Kier alpha value is -2.75. The highest BCUT2D eigenvalue weighted by Crippen LogP contribution is 2.38. The summed E-state index contributed by atoms with van der Waals surface area (Å²) in [6.07, 6.45) is 7.51. The van der Waals surface area contributed by atoms with Crippen LogP contribution in [0.3, 0.4) is 0 Å². The molecule has 0 saturated heterocycles. The van der Waals surface area contributed by atoms with E-state index in [9.17, 15) is 13.2 Å². The zero-order valence-corrected chi connectivity index (χ0v) is 20.8. The van der Waals surface area contributed by atoms with Crippen molar-refractivity contribution in [1.82, 2.24) is 0 Å². The minimum Gasteiger partial charge on any atom is -0.490 e. The van der Waals surface area contributed by atoms with Crippen molar-refractivity contribution < 1.29 is 17.9 Å². The van der Waals surface area contributed by atoms with Crippen LogP contribution in [0.4, 0.5) is 13.2 Å². The summed E-state index contributed by atoms with van der Waals surface area (Å²) >= 11 is 0. The molecule has 1 aliphatic rings. The lowest BCUT2D eigenvalue weighted by atomic mass is 9.78. The Bertz CT molecular complexity index is 1110. The maximum atomic E-state index is 14.8. The van der Waals surface area contributed by atoms with Gasteiger partial charge in [-0.15, -0.1) is 0 Å². The minimum absolute atomic E-state index is 0.0488. The Balaban J connectivity index is 1.33. The van der Waals surface area contributed by atoms with Gasteiger partial charge in [-0.05, 0) is 97.2 Å². The van der Waals surface area contributed by atoms with Crippen molar-refractivity contribution in [2.75, 3.05) is 6.61 Å². The van der Waals surface area contributed by atoms with Crippen molar-refractivity contribution >= 4 is 0 Å². The number of ether oxygens (including phenoxy) is 1. The molecule has 1 nitrogen and oxygen atoms in total. The molecule has 0 spiro atoms. The van der Waals surface area contributed by atoms with E-state index in [-0.39, 0.29) is 29.0 Å². The van der Waals surface area contributed by atoms with Crippen LogP contribution < -0.4 is 4.74 Å². The maximum Gasteiger partial charge on any atom is 0.201 e. The van der Waals surface area contributed by atoms with Gasteiger partial charge >= 0.3 is 0 Å². The van der Waals surface area contributed by atoms with Gasteiger partial charge in [-0.25, -0.2) is 8.78 Å². The number of aryl methyl sites for hydroxylation is 2. The van der Waals surface area contributed by atoms with Crippen LogP contribution >= 0.6 is 0 Å². The number of rotatable bonds is 9. The lowest BCUT2D eigenvalue weighted by Crippen LogP contribution is -2.20. The van der Waals surface area contributed by atoms with E-state index in [2.05, 4.69) is 19.9 Å². The highest BCUT2D eigenvalue weighted by atomic mass is 19.2. The summed E-state index contributed by atoms with van der Waals surface area (Å²) in [6, 6.07) is 16.3. The van der Waals surface area contributed by atoms with Crippen molar-refractivity contribution in [3.63, 3.8) is 0 Å². The number of benzene rings is 3. The number of hydrogen-bond acceptors (Lipinski definition) is 1. The lowest BCUT2D eigenvalue weighted by molar-refractivity contribution is 0.192. The molecular weight excluding hydrogens is 445 g/mol. The second kappa shape index (κ2) is 11.8. The molecule has 0 N–H and O–H groups in total. The Labute approximate surface area is 207 Å². The second-order valence-electron chi connectivity index (χ2n) is 9.78. The van der Waals surface area contributed by atoms with Gasteiger partial charge in [0, 0.05) is 5.56 Å². The van der Waals surface area contributed by atoms with Crippen LogP contribution in [0.5, 0.6) is 5.75 Å². The molecule has 1 saturated carbocycles. The summed E-state index contributed by atoms with van der Waals surface area (Å²) < 4.78 is 49.9. The predicted molar refractivity (Wildman–Crippen MR) is 136 cm³/mol. The quantitative estimate of drug-likeness (QED) is 0.297. The summed E-state index contributed by atoms with van der Waals surface area (Å²) in [5.74, 6) is -1.51. The predicted octanol–water partition coefficient (Wildman–Crippen LogP) is 9.03. The molecule has 4 rings (SSSR count). The van der Waals surface area contributed by atoms with E-state index in [4.69, 9.17) is 4.74 Å². The fourth-order valence-corrected chi connectivity index (χ4v) is 5.07. The second-order valence-corrected chi connectivity index (χ2v) is 9.78. The molecule has 0 amide bonds. The van der Waals surface area contributed by atoms with E-state index in [1.165, 1.54) is 6.07 Å². The van der Waals surface area contributed by atoms with E-state index in [1.807, 2.05) is 30.3 Å². The van der Waals surface area contributed by atoms with E-state index in [1.54, 1.807) is 12.1 Å². The largest absolute Gasteiger partial charge is 0.490 e. The molecule has 3 aromatic carbocycles. The molecule has 0 radical (unpaired) electrons. The van der Waals surface area contributed by atoms with Gasteiger partial charge in [0.25, 0.3) is 0 Å². The molecule has 0 aliphatic heterocycles. The molecule has 4 heteroatoms. The Kier molecular flexibility index (Phi) is 8.54. The highest BCUT2D eigenvalue weighted by molar-refractivity contribution is 5.65. The molecular formula is C31H35F3O. The molecule has 186 valence electrons. The average Bonchev–Trinajstić information content (AvgIpc) is 2.89. The zero-order valence-electron chi connectivity index (χ0n) is 20.8. The molecule has 35 heavy (non-hydrogen) atoms. The lowest BCUT2D eigenvalue weighted by Gasteiger charge is -2.29. The molecule has 0 aromatic heterocycles. The SMILES string of the molecule is CCCCc1ccc(C2CCC(COc3ccc(-c4ccc(CC)cc4)c(F)c3F)CC2)c(F)c1. The van der Waals surface area contributed by atoms with Gasteiger partial charge in [0.15, 0.2) is 11.6 Å². The van der Waals surface area contributed by atoms with Crippen molar-refractivity contribution in [3.8, 4) is 16.9 Å². The summed E-state index contributed by atoms with van der Waals surface area (Å²) in [4.78, 5) is 0. The Morgan fingerprint density at radius 3 is 2.17 bits per heavy atom. The first-order valence-electron chi connectivity index (χ1n) is 13.0. The fraction of sp³-hybridized carbons (Fsp3) is 0.419. The third-order valence-corrected chi connectivity index (χ3v) is 7.37. The van der Waals surface area contributed by atoms with Gasteiger partial charge in [0.05, 0.1) is 6.61 Å². The smallest absolute Gasteiger partial charge is 0.201 e. The molecule has 1 aliphatic carbocycles. The maximum absolute atomic E-state index is 14.8. The summed E-state index contributed by atoms with van der Waals surface area (Å²) in [6.45, 7) is 4.53. The molecule has 0 atom stereocenters. The first-order valence-corrected chi connectivity index (χ1v) is 13.0. The first-order chi connectivity index (χ1) is 17.0. The number of unbranched alkanes of at least 4 members (excludes halogenated alkanes) is 1. The minimum atomic E-state index is -0.944. The van der Waals surface area contributed by atoms with Gasteiger partial charge in [0.2, 0.25) is 5.82 Å². The highest BCUT2D eigenvalue weighted by Gasteiger charge is 2.25. The summed E-state index contributed by atoms with van der Waals surface area (Å²) in [5.41, 5.74) is 3.90. The normalized spacial score (nSPS) is 18.0.